The second kappa shape index (κ2) is 8.14. The lowest BCUT2D eigenvalue weighted by molar-refractivity contribution is -0.259. The molecule has 2 aromatic heterocycles. The summed E-state index contributed by atoms with van der Waals surface area (Å²) in [5, 5.41) is 25.8. The first-order valence-electron chi connectivity index (χ1n) is 10.2. The highest BCUT2D eigenvalue weighted by molar-refractivity contribution is 7.98. The first-order valence-corrected chi connectivity index (χ1v) is 14.4. The van der Waals surface area contributed by atoms with Crippen molar-refractivity contribution in [3.05, 3.63) is 24.2 Å². The Hall–Kier alpha value is -1.48. The number of ether oxygens (including phenoxy) is 2. The van der Waals surface area contributed by atoms with Crippen molar-refractivity contribution in [1.29, 1.82) is 5.26 Å². The summed E-state index contributed by atoms with van der Waals surface area (Å²) in [4.78, 5) is 4.32. The van der Waals surface area contributed by atoms with Crippen molar-refractivity contribution in [2.45, 2.75) is 68.8 Å². The number of aromatic nitrogens is 3. The maximum absolute atomic E-state index is 10.4. The Morgan fingerprint density at radius 2 is 2.06 bits per heavy atom. The minimum absolute atomic E-state index is 0.0794. The number of methoxy groups -OCH3 is 1. The van der Waals surface area contributed by atoms with Crippen molar-refractivity contribution in [2.24, 2.45) is 5.41 Å². The molecule has 3 rings (SSSR count). The Morgan fingerprint density at radius 1 is 1.39 bits per heavy atom. The fourth-order valence-corrected chi connectivity index (χ4v) is 5.82. The van der Waals surface area contributed by atoms with E-state index in [2.05, 4.69) is 50.0 Å². The molecule has 0 aliphatic carbocycles. The standard InChI is InChI=1S/C21H32N4O4SSi/c1-19(2,3)31(7,8)29-17-15(11-26)28-21(27-5,20(17,4)12-22)16-10-9-14-18(30-6)23-13-24-25(14)16/h9-10,13,15,17,26H,11H2,1-8H3/t15-,17-,20-,21?/m1/s1. The number of aliphatic hydroxyl groups is 1. The molecule has 0 saturated carbocycles. The highest BCUT2D eigenvalue weighted by atomic mass is 32.2. The van der Waals surface area contributed by atoms with Crippen molar-refractivity contribution in [3.63, 3.8) is 0 Å². The van der Waals surface area contributed by atoms with Crippen LogP contribution in [0, 0.1) is 16.7 Å². The molecule has 1 unspecified atom stereocenters. The van der Waals surface area contributed by atoms with Gasteiger partial charge >= 0.3 is 0 Å². The normalized spacial score (nSPS) is 29.4. The largest absolute Gasteiger partial charge is 0.409 e. The van der Waals surface area contributed by atoms with Gasteiger partial charge in [-0.2, -0.15) is 10.4 Å². The smallest absolute Gasteiger partial charge is 0.234 e. The number of hydrogen-bond donors (Lipinski definition) is 1. The van der Waals surface area contributed by atoms with Crippen LogP contribution >= 0.6 is 11.8 Å². The van der Waals surface area contributed by atoms with Gasteiger partial charge in [-0.1, -0.05) is 20.8 Å². The summed E-state index contributed by atoms with van der Waals surface area (Å²) in [6.45, 7) is 12.1. The summed E-state index contributed by atoms with van der Waals surface area (Å²) in [6.07, 6.45) is 2.00. The minimum atomic E-state index is -2.30. The third-order valence-electron chi connectivity index (χ3n) is 6.78. The predicted molar refractivity (Wildman–Crippen MR) is 121 cm³/mol. The van der Waals surface area contributed by atoms with E-state index < -0.39 is 31.7 Å². The molecule has 31 heavy (non-hydrogen) atoms. The van der Waals surface area contributed by atoms with E-state index in [1.807, 2.05) is 18.4 Å². The van der Waals surface area contributed by atoms with Gasteiger partial charge in [-0.3, -0.25) is 0 Å². The number of hydrogen-bond acceptors (Lipinski definition) is 8. The number of aliphatic hydroxyl groups excluding tert-OH is 1. The molecule has 3 heterocycles. The maximum Gasteiger partial charge on any atom is 0.234 e. The number of nitriles is 1. The van der Waals surface area contributed by atoms with Crippen molar-refractivity contribution in [2.75, 3.05) is 20.0 Å². The van der Waals surface area contributed by atoms with Crippen LogP contribution in [0.3, 0.4) is 0 Å². The molecule has 1 aliphatic rings. The molecular formula is C21H32N4O4SSi. The molecule has 1 fully saturated rings. The molecule has 4 atom stereocenters. The third kappa shape index (κ3) is 3.52. The molecule has 0 aromatic carbocycles. The Labute approximate surface area is 189 Å². The van der Waals surface area contributed by atoms with E-state index in [-0.39, 0.29) is 11.6 Å². The van der Waals surface area contributed by atoms with E-state index in [4.69, 9.17) is 13.9 Å². The summed E-state index contributed by atoms with van der Waals surface area (Å²) in [5.41, 5.74) is 0.106. The Bertz CT molecular complexity index is 1000. The van der Waals surface area contributed by atoms with Crippen LogP contribution in [-0.4, -0.2) is 60.2 Å². The van der Waals surface area contributed by atoms with E-state index in [0.29, 0.717) is 5.69 Å². The van der Waals surface area contributed by atoms with Gasteiger partial charge in [-0.15, -0.1) is 11.8 Å². The highest BCUT2D eigenvalue weighted by Gasteiger charge is 2.68. The average molecular weight is 465 g/mol. The van der Waals surface area contributed by atoms with Gasteiger partial charge in [0.15, 0.2) is 8.32 Å². The van der Waals surface area contributed by atoms with Crippen LogP contribution < -0.4 is 0 Å². The maximum atomic E-state index is 10.4. The molecule has 10 heteroatoms. The molecule has 0 amide bonds. The molecule has 170 valence electrons. The van der Waals surface area contributed by atoms with Crippen LogP contribution in [0.25, 0.3) is 5.52 Å². The minimum Gasteiger partial charge on any atom is -0.409 e. The molecule has 1 aliphatic heterocycles. The molecule has 2 aromatic rings. The van der Waals surface area contributed by atoms with E-state index in [1.54, 1.807) is 11.4 Å². The van der Waals surface area contributed by atoms with Crippen molar-refractivity contribution < 1.29 is 19.0 Å². The molecule has 8 nitrogen and oxygen atoms in total. The summed E-state index contributed by atoms with van der Waals surface area (Å²) in [7, 11) is -0.786. The van der Waals surface area contributed by atoms with Crippen molar-refractivity contribution >= 4 is 25.6 Å². The topological polar surface area (TPSA) is 102 Å². The van der Waals surface area contributed by atoms with Gasteiger partial charge in [-0.05, 0) is 43.4 Å². The summed E-state index contributed by atoms with van der Waals surface area (Å²) in [5.74, 6) is -1.49. The van der Waals surface area contributed by atoms with Gasteiger partial charge in [0.1, 0.15) is 28.6 Å². The van der Waals surface area contributed by atoms with Gasteiger partial charge in [0.05, 0.1) is 24.3 Å². The van der Waals surface area contributed by atoms with Crippen LogP contribution in [-0.2, 0) is 19.7 Å². The zero-order valence-corrected chi connectivity index (χ0v) is 21.3. The molecule has 0 bridgehead atoms. The zero-order chi connectivity index (χ0) is 23.2. The molecule has 0 spiro atoms. The van der Waals surface area contributed by atoms with E-state index in [9.17, 15) is 10.4 Å². The lowest BCUT2D eigenvalue weighted by Crippen LogP contribution is -2.53. The zero-order valence-electron chi connectivity index (χ0n) is 19.5. The van der Waals surface area contributed by atoms with Gasteiger partial charge in [0, 0.05) is 7.11 Å². The van der Waals surface area contributed by atoms with Gasteiger partial charge in [-0.25, -0.2) is 9.50 Å². The lowest BCUT2D eigenvalue weighted by atomic mass is 9.76. The van der Waals surface area contributed by atoms with Crippen molar-refractivity contribution in [1.82, 2.24) is 14.6 Å². The molecular weight excluding hydrogens is 432 g/mol. The summed E-state index contributed by atoms with van der Waals surface area (Å²) >= 11 is 1.50. The van der Waals surface area contributed by atoms with Gasteiger partial charge < -0.3 is 19.0 Å². The van der Waals surface area contributed by atoms with Crippen LogP contribution in [0.1, 0.15) is 33.4 Å². The second-order valence-corrected chi connectivity index (χ2v) is 15.1. The highest BCUT2D eigenvalue weighted by Crippen LogP contribution is 2.56. The second-order valence-electron chi connectivity index (χ2n) is 9.56. The van der Waals surface area contributed by atoms with Crippen LogP contribution in [0.2, 0.25) is 18.1 Å². The SMILES string of the molecule is COC1(c2ccc3c(SC)ncnn23)O[C@H](CO)[C@@H](O[Si](C)(C)C(C)(C)C)[C@@]1(C)C#N. The summed E-state index contributed by atoms with van der Waals surface area (Å²) < 4.78 is 20.7. The van der Waals surface area contributed by atoms with Gasteiger partial charge in [0.25, 0.3) is 0 Å². The molecule has 0 radical (unpaired) electrons. The number of nitrogens with zero attached hydrogens (tertiary/aromatic N) is 4. The monoisotopic (exact) mass is 464 g/mol. The lowest BCUT2D eigenvalue weighted by Gasteiger charge is -2.43. The number of rotatable bonds is 6. The summed E-state index contributed by atoms with van der Waals surface area (Å²) in [6, 6.07) is 6.15. The molecule has 1 saturated heterocycles. The van der Waals surface area contributed by atoms with E-state index in [0.717, 1.165) is 10.5 Å². The van der Waals surface area contributed by atoms with Crippen LogP contribution in [0.5, 0.6) is 0 Å². The predicted octanol–water partition coefficient (Wildman–Crippen LogP) is 3.56. The average Bonchev–Trinajstić information content (AvgIpc) is 3.25. The van der Waals surface area contributed by atoms with E-state index >= 15 is 0 Å². The van der Waals surface area contributed by atoms with Crippen molar-refractivity contribution in [3.8, 4) is 6.07 Å². The fourth-order valence-electron chi connectivity index (χ4n) is 3.92. The van der Waals surface area contributed by atoms with Crippen LogP contribution in [0.15, 0.2) is 23.5 Å². The van der Waals surface area contributed by atoms with Gasteiger partial charge in [0.2, 0.25) is 5.79 Å². The Balaban J connectivity index is 2.21. The number of thioether (sulfide) groups is 1. The van der Waals surface area contributed by atoms with E-state index in [1.165, 1.54) is 25.2 Å². The first-order chi connectivity index (χ1) is 14.4. The quantitative estimate of drug-likeness (QED) is 0.511. The first kappa shape index (κ1) is 24.2. The fraction of sp³-hybridized carbons (Fsp3) is 0.667. The van der Waals surface area contributed by atoms with Crippen LogP contribution in [0.4, 0.5) is 0 Å². The Morgan fingerprint density at radius 3 is 2.58 bits per heavy atom. The number of fused-ring (bicyclic) bond motifs is 1. The Kier molecular flexibility index (Phi) is 6.34. The molecule has 1 N–H and O–H groups in total. The third-order valence-corrected chi connectivity index (χ3v) is 11.9.